The lowest BCUT2D eigenvalue weighted by Gasteiger charge is -1.95. The second-order valence-corrected chi connectivity index (χ2v) is 2.13. The Bertz CT molecular complexity index is 314. The minimum atomic E-state index is 0.788. The fourth-order valence-electron chi connectivity index (χ4n) is 0.804. The van der Waals surface area contributed by atoms with Crippen LogP contribution in [-0.4, -0.2) is 9.97 Å². The largest absolute Gasteiger partial charge is 0.253 e. The molecule has 1 aromatic rings. The Kier molecular flexibility index (Phi) is 6.96. The highest BCUT2D eigenvalue weighted by atomic mass is 14.8. The first kappa shape index (κ1) is 12.3. The lowest BCUT2D eigenvalue weighted by molar-refractivity contribution is 1.16. The zero-order valence-electron chi connectivity index (χ0n) is 8.77. The molecule has 0 amide bonds. The Morgan fingerprint density at radius 2 is 1.64 bits per heavy atom. The summed E-state index contributed by atoms with van der Waals surface area (Å²) >= 11 is 0. The second-order valence-electron chi connectivity index (χ2n) is 2.13. The van der Waals surface area contributed by atoms with Gasteiger partial charge in [-0.25, -0.2) is 0 Å². The topological polar surface area (TPSA) is 25.8 Å². The molecule has 2 nitrogen and oxygen atoms in total. The Labute approximate surface area is 85.7 Å². The lowest BCUT2D eigenvalue weighted by atomic mass is 10.3. The first-order valence-electron chi connectivity index (χ1n) is 4.61. The highest BCUT2D eigenvalue weighted by molar-refractivity contribution is 5.58. The van der Waals surface area contributed by atoms with E-state index in [-0.39, 0.29) is 0 Å². The molecule has 0 saturated carbocycles. The van der Waals surface area contributed by atoms with Crippen molar-refractivity contribution < 1.29 is 0 Å². The molecule has 0 spiro atoms. The van der Waals surface area contributed by atoms with E-state index in [1.165, 1.54) is 0 Å². The van der Waals surface area contributed by atoms with Gasteiger partial charge in [0.05, 0.1) is 11.4 Å². The molecule has 0 N–H and O–H groups in total. The normalized spacial score (nSPS) is 9.00. The van der Waals surface area contributed by atoms with Gasteiger partial charge in [0, 0.05) is 12.4 Å². The molecular weight excluding hydrogens is 172 g/mol. The maximum Gasteiger partial charge on any atom is 0.0886 e. The summed E-state index contributed by atoms with van der Waals surface area (Å²) in [6.07, 6.45) is 10.3. The van der Waals surface area contributed by atoms with Crippen LogP contribution in [0.5, 0.6) is 0 Å². The zero-order chi connectivity index (χ0) is 10.8. The molecule has 0 aliphatic carbocycles. The van der Waals surface area contributed by atoms with Crippen LogP contribution in [0.3, 0.4) is 0 Å². The quantitative estimate of drug-likeness (QED) is 0.680. The molecule has 1 aromatic heterocycles. The summed E-state index contributed by atoms with van der Waals surface area (Å²) in [5, 5.41) is 0. The maximum absolute atomic E-state index is 4.12. The first-order valence-corrected chi connectivity index (χ1v) is 4.61. The molecule has 2 heteroatoms. The van der Waals surface area contributed by atoms with Crippen molar-refractivity contribution in [2.75, 3.05) is 0 Å². The molecule has 0 unspecified atom stereocenters. The number of allylic oxidation sites excluding steroid dienone is 2. The minimum absolute atomic E-state index is 0.788. The summed E-state index contributed by atoms with van der Waals surface area (Å²) in [4.78, 5) is 8.20. The van der Waals surface area contributed by atoms with Crippen molar-refractivity contribution in [2.24, 2.45) is 0 Å². The fourth-order valence-corrected chi connectivity index (χ4v) is 0.804. The van der Waals surface area contributed by atoms with Gasteiger partial charge in [-0.1, -0.05) is 39.2 Å². The van der Waals surface area contributed by atoms with Gasteiger partial charge < -0.3 is 0 Å². The summed E-state index contributed by atoms with van der Waals surface area (Å²) in [5.74, 6) is 0. The predicted molar refractivity (Wildman–Crippen MR) is 62.7 cm³/mol. The van der Waals surface area contributed by atoms with Crippen molar-refractivity contribution in [3.63, 3.8) is 0 Å². The van der Waals surface area contributed by atoms with Gasteiger partial charge in [-0.15, -0.1) is 0 Å². The van der Waals surface area contributed by atoms with E-state index >= 15 is 0 Å². The van der Waals surface area contributed by atoms with Crippen LogP contribution in [0.2, 0.25) is 0 Å². The van der Waals surface area contributed by atoms with Gasteiger partial charge in [-0.2, -0.15) is 0 Å². The monoisotopic (exact) mass is 188 g/mol. The van der Waals surface area contributed by atoms with Gasteiger partial charge in [-0.3, -0.25) is 9.97 Å². The predicted octanol–water partition coefficient (Wildman–Crippen LogP) is 3.35. The van der Waals surface area contributed by atoms with Crippen molar-refractivity contribution >= 4 is 12.2 Å². The summed E-state index contributed by atoms with van der Waals surface area (Å²) in [5.41, 5.74) is 1.60. The molecule has 14 heavy (non-hydrogen) atoms. The third kappa shape index (κ3) is 3.81. The van der Waals surface area contributed by atoms with Crippen molar-refractivity contribution in [3.8, 4) is 0 Å². The van der Waals surface area contributed by atoms with Crippen LogP contribution in [0.1, 0.15) is 25.2 Å². The summed E-state index contributed by atoms with van der Waals surface area (Å²) in [6.45, 7) is 11.2. The SMILES string of the molecule is C=C/C=C\c1nccnc1C=C.CC. The van der Waals surface area contributed by atoms with Crippen molar-refractivity contribution in [1.82, 2.24) is 9.97 Å². The summed E-state index contributed by atoms with van der Waals surface area (Å²) in [6, 6.07) is 0. The smallest absolute Gasteiger partial charge is 0.0886 e. The molecule has 0 radical (unpaired) electrons. The molecule has 0 atom stereocenters. The minimum Gasteiger partial charge on any atom is -0.253 e. The number of hydrogen-bond donors (Lipinski definition) is 0. The summed E-state index contributed by atoms with van der Waals surface area (Å²) in [7, 11) is 0. The van der Waals surface area contributed by atoms with E-state index in [1.54, 1.807) is 24.5 Å². The third-order valence-corrected chi connectivity index (χ3v) is 1.34. The van der Waals surface area contributed by atoms with Crippen LogP contribution in [0.15, 0.2) is 37.7 Å². The van der Waals surface area contributed by atoms with Crippen LogP contribution in [0.25, 0.3) is 12.2 Å². The second kappa shape index (κ2) is 7.92. The van der Waals surface area contributed by atoms with E-state index in [0.717, 1.165) is 11.4 Å². The number of aromatic nitrogens is 2. The number of hydrogen-bond acceptors (Lipinski definition) is 2. The van der Waals surface area contributed by atoms with Gasteiger partial charge in [-0.05, 0) is 12.2 Å². The molecule has 0 saturated heterocycles. The van der Waals surface area contributed by atoms with Crippen molar-refractivity contribution in [2.45, 2.75) is 13.8 Å². The van der Waals surface area contributed by atoms with Gasteiger partial charge in [0.2, 0.25) is 0 Å². The average Bonchev–Trinajstić information content (AvgIpc) is 2.29. The lowest BCUT2D eigenvalue weighted by Crippen LogP contribution is -1.88. The Morgan fingerprint density at radius 1 is 1.07 bits per heavy atom. The first-order chi connectivity index (χ1) is 6.88. The molecule has 0 aliphatic heterocycles. The van der Waals surface area contributed by atoms with Gasteiger partial charge in [0.15, 0.2) is 0 Å². The van der Waals surface area contributed by atoms with Gasteiger partial charge in [0.25, 0.3) is 0 Å². The van der Waals surface area contributed by atoms with Crippen molar-refractivity contribution in [1.29, 1.82) is 0 Å². The van der Waals surface area contributed by atoms with Gasteiger partial charge >= 0.3 is 0 Å². The van der Waals surface area contributed by atoms with Crippen LogP contribution in [0, 0.1) is 0 Å². The standard InChI is InChI=1S/C10H10N2.C2H6/c1-3-5-6-10-9(4-2)11-7-8-12-10;1-2/h3-8H,1-2H2;1-2H3/b6-5-;. The van der Waals surface area contributed by atoms with Crippen LogP contribution < -0.4 is 0 Å². The molecule has 0 aromatic carbocycles. The molecule has 1 rings (SSSR count). The number of rotatable bonds is 3. The van der Waals surface area contributed by atoms with Gasteiger partial charge in [0.1, 0.15) is 0 Å². The van der Waals surface area contributed by atoms with E-state index in [9.17, 15) is 0 Å². The fraction of sp³-hybridized carbons (Fsp3) is 0.167. The van der Waals surface area contributed by atoms with E-state index in [4.69, 9.17) is 0 Å². The summed E-state index contributed by atoms with van der Waals surface area (Å²) < 4.78 is 0. The Balaban J connectivity index is 0.000000791. The van der Waals surface area contributed by atoms with E-state index in [1.807, 2.05) is 26.0 Å². The highest BCUT2D eigenvalue weighted by Gasteiger charge is 1.94. The molecule has 0 fully saturated rings. The third-order valence-electron chi connectivity index (χ3n) is 1.34. The average molecular weight is 188 g/mol. The molecular formula is C12H16N2. The maximum atomic E-state index is 4.12. The molecule has 74 valence electrons. The molecule has 0 aliphatic rings. The Hall–Kier alpha value is -1.70. The highest BCUT2D eigenvalue weighted by Crippen LogP contribution is 2.04. The van der Waals surface area contributed by atoms with E-state index in [0.29, 0.717) is 0 Å². The van der Waals surface area contributed by atoms with E-state index < -0.39 is 0 Å². The van der Waals surface area contributed by atoms with Crippen molar-refractivity contribution in [3.05, 3.63) is 49.1 Å². The Morgan fingerprint density at radius 3 is 2.14 bits per heavy atom. The van der Waals surface area contributed by atoms with Crippen LogP contribution in [-0.2, 0) is 0 Å². The zero-order valence-corrected chi connectivity index (χ0v) is 8.77. The van der Waals surface area contributed by atoms with Crippen LogP contribution >= 0.6 is 0 Å². The van der Waals surface area contributed by atoms with Crippen LogP contribution in [0.4, 0.5) is 0 Å². The molecule has 0 bridgehead atoms. The van der Waals surface area contributed by atoms with E-state index in [2.05, 4.69) is 23.1 Å². The molecule has 1 heterocycles. The number of nitrogens with zero attached hydrogens (tertiary/aromatic N) is 2.